The highest BCUT2D eigenvalue weighted by Crippen LogP contribution is 2.34. The average molecular weight is 448 g/mol. The van der Waals surface area contributed by atoms with Crippen LogP contribution < -0.4 is 0 Å². The van der Waals surface area contributed by atoms with Crippen molar-refractivity contribution >= 4 is 0 Å². The Morgan fingerprint density at radius 2 is 1.94 bits per heavy atom. The Bertz CT molecular complexity index is 1550. The van der Waals surface area contributed by atoms with E-state index in [1.165, 1.54) is 5.56 Å². The van der Waals surface area contributed by atoms with E-state index in [2.05, 4.69) is 43.5 Å². The van der Waals surface area contributed by atoms with Gasteiger partial charge in [0.15, 0.2) is 11.5 Å². The van der Waals surface area contributed by atoms with Crippen molar-refractivity contribution in [3.63, 3.8) is 0 Å². The lowest BCUT2D eigenvalue weighted by atomic mass is 10.1. The summed E-state index contributed by atoms with van der Waals surface area (Å²) in [5.74, 6) is 3.94. The van der Waals surface area contributed by atoms with E-state index < -0.39 is 0 Å². The van der Waals surface area contributed by atoms with Crippen molar-refractivity contribution in [2.75, 3.05) is 0 Å². The summed E-state index contributed by atoms with van der Waals surface area (Å²) in [5.41, 5.74) is 7.17. The lowest BCUT2D eigenvalue weighted by Crippen LogP contribution is -2.04. The molecule has 0 unspecified atom stereocenters. The van der Waals surface area contributed by atoms with Gasteiger partial charge in [-0.05, 0) is 23.8 Å². The van der Waals surface area contributed by atoms with Crippen LogP contribution in [0.2, 0.25) is 0 Å². The van der Waals surface area contributed by atoms with Crippen LogP contribution >= 0.6 is 0 Å². The largest absolute Gasteiger partial charge is 0.332 e. The van der Waals surface area contributed by atoms with Gasteiger partial charge in [0.1, 0.15) is 6.33 Å². The molecule has 4 heterocycles. The molecule has 1 aliphatic heterocycles. The summed E-state index contributed by atoms with van der Waals surface area (Å²) in [4.78, 5) is 9.26. The number of imidazole rings is 1. The molecular weight excluding hydrogens is 426 g/mol. The summed E-state index contributed by atoms with van der Waals surface area (Å²) in [6.45, 7) is 4.06. The topological polar surface area (TPSA) is 87.4 Å². The minimum Gasteiger partial charge on any atom is -0.332 e. The highest BCUT2D eigenvalue weighted by atomic mass is 16.5. The van der Waals surface area contributed by atoms with Gasteiger partial charge in [0.25, 0.3) is 5.89 Å². The number of nitrogens with zero attached hydrogens (tertiary/aromatic N) is 7. The Hall–Kier alpha value is -4.51. The molecule has 0 amide bonds. The quantitative estimate of drug-likeness (QED) is 0.378. The molecule has 0 saturated heterocycles. The molecule has 0 saturated carbocycles. The molecule has 0 N–H and O–H groups in total. The summed E-state index contributed by atoms with van der Waals surface area (Å²) >= 11 is 0. The summed E-state index contributed by atoms with van der Waals surface area (Å²) in [6.07, 6.45) is 8.71. The van der Waals surface area contributed by atoms with Crippen LogP contribution in [0.15, 0.2) is 59.4 Å². The molecule has 6 rings (SSSR count). The van der Waals surface area contributed by atoms with Gasteiger partial charge in [0.05, 0.1) is 28.5 Å². The van der Waals surface area contributed by atoms with Crippen molar-refractivity contribution in [1.29, 1.82) is 0 Å². The fraction of sp³-hybridized carbons (Fsp3) is 0.192. The van der Waals surface area contributed by atoms with Crippen LogP contribution in [0, 0.1) is 12.3 Å². The molecule has 5 aromatic rings. The Kier molecular flexibility index (Phi) is 4.62. The van der Waals surface area contributed by atoms with Crippen molar-refractivity contribution in [3.8, 4) is 35.3 Å². The molecule has 8 nitrogen and oxygen atoms in total. The van der Waals surface area contributed by atoms with Crippen LogP contribution in [0.3, 0.4) is 0 Å². The predicted octanol–water partition coefficient (Wildman–Crippen LogP) is 4.10. The van der Waals surface area contributed by atoms with Gasteiger partial charge in [0.2, 0.25) is 0 Å². The smallest absolute Gasteiger partial charge is 0.278 e. The first-order valence-electron chi connectivity index (χ1n) is 11.1. The number of hydrogen-bond donors (Lipinski definition) is 0. The Morgan fingerprint density at radius 1 is 1.09 bits per heavy atom. The lowest BCUT2D eigenvalue weighted by Gasteiger charge is -2.10. The second kappa shape index (κ2) is 7.81. The van der Waals surface area contributed by atoms with Gasteiger partial charge < -0.3 is 4.52 Å². The van der Waals surface area contributed by atoms with Crippen molar-refractivity contribution < 1.29 is 4.52 Å². The van der Waals surface area contributed by atoms with E-state index in [4.69, 9.17) is 10.9 Å². The molecular formula is C26H21N7O. The molecule has 166 valence electrons. The van der Waals surface area contributed by atoms with E-state index in [0.29, 0.717) is 30.3 Å². The normalized spacial score (nSPS) is 12.1. The number of aromatic nitrogens is 7. The van der Waals surface area contributed by atoms with Crippen LogP contribution in [0.1, 0.15) is 53.8 Å². The predicted molar refractivity (Wildman–Crippen MR) is 126 cm³/mol. The Morgan fingerprint density at radius 3 is 2.71 bits per heavy atom. The van der Waals surface area contributed by atoms with E-state index in [-0.39, 0.29) is 5.92 Å². The highest BCUT2D eigenvalue weighted by molar-refractivity contribution is 5.63. The number of rotatable bonds is 4. The van der Waals surface area contributed by atoms with Crippen LogP contribution in [0.25, 0.3) is 23.0 Å². The van der Waals surface area contributed by atoms with Crippen LogP contribution in [-0.4, -0.2) is 34.7 Å². The monoisotopic (exact) mass is 447 g/mol. The number of hydrogen-bond acceptors (Lipinski definition) is 6. The molecule has 0 fully saturated rings. The maximum atomic E-state index is 5.71. The van der Waals surface area contributed by atoms with Gasteiger partial charge >= 0.3 is 0 Å². The number of fused-ring (bicyclic) bond motifs is 5. The van der Waals surface area contributed by atoms with Gasteiger partial charge in [-0.3, -0.25) is 4.57 Å². The van der Waals surface area contributed by atoms with E-state index >= 15 is 0 Å². The van der Waals surface area contributed by atoms with E-state index in [9.17, 15) is 0 Å². The first kappa shape index (κ1) is 20.1. The van der Waals surface area contributed by atoms with Gasteiger partial charge in [-0.1, -0.05) is 60.5 Å². The minimum atomic E-state index is 0.157. The maximum Gasteiger partial charge on any atom is 0.278 e. The molecule has 34 heavy (non-hydrogen) atoms. The maximum absolute atomic E-state index is 5.71. The van der Waals surface area contributed by atoms with Crippen molar-refractivity contribution in [2.45, 2.75) is 32.6 Å². The molecule has 0 aliphatic carbocycles. The van der Waals surface area contributed by atoms with Crippen LogP contribution in [-0.2, 0) is 12.8 Å². The van der Waals surface area contributed by atoms with Crippen molar-refractivity contribution in [3.05, 3.63) is 88.9 Å². The average Bonchev–Trinajstić information content (AvgIpc) is 3.57. The first-order valence-corrected chi connectivity index (χ1v) is 11.1. The van der Waals surface area contributed by atoms with Gasteiger partial charge in [-0.2, -0.15) is 4.98 Å². The molecule has 3 aromatic heterocycles. The molecule has 0 bridgehead atoms. The molecule has 8 heteroatoms. The highest BCUT2D eigenvalue weighted by Gasteiger charge is 2.28. The third kappa shape index (κ3) is 3.21. The van der Waals surface area contributed by atoms with E-state index in [0.717, 1.165) is 34.0 Å². The van der Waals surface area contributed by atoms with E-state index in [1.807, 2.05) is 59.5 Å². The Balaban J connectivity index is 1.55. The van der Waals surface area contributed by atoms with Gasteiger partial charge in [0, 0.05) is 24.3 Å². The first-order chi connectivity index (χ1) is 16.6. The van der Waals surface area contributed by atoms with Crippen molar-refractivity contribution in [1.82, 2.24) is 34.7 Å². The summed E-state index contributed by atoms with van der Waals surface area (Å²) in [5, 5.41) is 13.2. The fourth-order valence-corrected chi connectivity index (χ4v) is 4.27. The van der Waals surface area contributed by atoms with Crippen LogP contribution in [0.4, 0.5) is 0 Å². The number of benzene rings is 2. The van der Waals surface area contributed by atoms with E-state index in [1.54, 1.807) is 6.33 Å². The molecule has 0 spiro atoms. The summed E-state index contributed by atoms with van der Waals surface area (Å²) in [7, 11) is 0. The third-order valence-electron chi connectivity index (χ3n) is 6.05. The number of terminal acetylenes is 1. The minimum absolute atomic E-state index is 0.157. The zero-order valence-electron chi connectivity index (χ0n) is 18.8. The second-order valence-corrected chi connectivity index (χ2v) is 8.60. The van der Waals surface area contributed by atoms with Gasteiger partial charge in [-0.25, -0.2) is 9.67 Å². The summed E-state index contributed by atoms with van der Waals surface area (Å²) in [6, 6.07) is 16.1. The van der Waals surface area contributed by atoms with Gasteiger partial charge in [-0.15, -0.1) is 11.5 Å². The third-order valence-corrected chi connectivity index (χ3v) is 6.05. The molecule has 0 radical (unpaired) electrons. The standard InChI is InChI=1S/C26H21N7O/c1-4-17-10-11-20-22(13-17)33-21(19(29-31-33)12-18-8-6-5-7-9-18)14-23-24(27-15-32(20)23)26-28-25(16(2)3)30-34-26/h1,5-11,13,15-16H,12,14H2,2-3H3. The zero-order chi connectivity index (χ0) is 23.2. The Labute approximate surface area is 196 Å². The molecule has 1 aliphatic rings. The second-order valence-electron chi connectivity index (χ2n) is 8.60. The summed E-state index contributed by atoms with van der Waals surface area (Å²) < 4.78 is 9.53. The van der Waals surface area contributed by atoms with Crippen LogP contribution in [0.5, 0.6) is 0 Å². The SMILES string of the molecule is C#Cc1ccc2c(c1)-n1nnc(Cc3ccccc3)c1Cc1c(-c3nc(C(C)C)no3)ncn1-2. The fourth-order valence-electron chi connectivity index (χ4n) is 4.27. The molecule has 0 atom stereocenters. The zero-order valence-corrected chi connectivity index (χ0v) is 18.8. The van der Waals surface area contributed by atoms with Crippen molar-refractivity contribution in [2.24, 2.45) is 0 Å². The lowest BCUT2D eigenvalue weighted by molar-refractivity contribution is 0.418. The molecule has 2 aromatic carbocycles.